The number of sulfone groups is 1. The van der Waals surface area contributed by atoms with Crippen molar-refractivity contribution in [3.8, 4) is 0 Å². The van der Waals surface area contributed by atoms with Crippen molar-refractivity contribution in [2.24, 2.45) is 0 Å². The summed E-state index contributed by atoms with van der Waals surface area (Å²) in [5.41, 5.74) is 0. The van der Waals surface area contributed by atoms with Crippen LogP contribution in [0.2, 0.25) is 0 Å². The third kappa shape index (κ3) is 1.89. The van der Waals surface area contributed by atoms with Gasteiger partial charge < -0.3 is 0 Å². The summed E-state index contributed by atoms with van der Waals surface area (Å²) in [4.78, 5) is 0. The maximum atomic E-state index is 11.3. The molecular weight excluding hydrogens is 226 g/mol. The number of hydrogen-bond donors (Lipinski definition) is 0. The first-order valence-electron chi connectivity index (χ1n) is 4.06. The summed E-state index contributed by atoms with van der Waals surface area (Å²) >= 11 is 3.44. The van der Waals surface area contributed by atoms with E-state index in [1.807, 2.05) is 14.1 Å². The molecule has 2 aliphatic heterocycles. The van der Waals surface area contributed by atoms with Gasteiger partial charge in [0.15, 0.2) is 9.84 Å². The Bertz CT molecular complexity index is 334. The quantitative estimate of drug-likeness (QED) is 0.567. The molecule has 0 aromatic heterocycles. The highest BCUT2D eigenvalue weighted by atomic mass is 32.2. The van der Waals surface area contributed by atoms with E-state index >= 15 is 0 Å². The van der Waals surface area contributed by atoms with Gasteiger partial charge in [-0.3, -0.25) is 0 Å². The van der Waals surface area contributed by atoms with Gasteiger partial charge in [-0.2, -0.15) is 0 Å². The first-order valence-corrected chi connectivity index (χ1v) is 7.64. The summed E-state index contributed by atoms with van der Waals surface area (Å²) in [5.74, 6) is 0.735. The Morgan fingerprint density at radius 2 is 1.69 bits per heavy atom. The van der Waals surface area contributed by atoms with E-state index in [-0.39, 0.29) is 0 Å². The topological polar surface area (TPSA) is 37.1 Å². The molecule has 13 heavy (non-hydrogen) atoms. The van der Waals surface area contributed by atoms with Crippen LogP contribution in [0.5, 0.6) is 0 Å². The Morgan fingerprint density at radius 3 is 2.08 bits per heavy atom. The molecule has 2 aliphatic rings. The Morgan fingerprint density at radius 1 is 1.23 bits per heavy atom. The molecule has 6 heteroatoms. The smallest absolute Gasteiger partial charge is 0.229 e. The molecular formula is C7H12NO2S3+. The largest absolute Gasteiger partial charge is 0.270 e. The van der Waals surface area contributed by atoms with E-state index in [9.17, 15) is 8.42 Å². The zero-order valence-electron chi connectivity index (χ0n) is 7.56. The Labute approximate surface area is 86.9 Å². The molecule has 0 aromatic rings. The Hall–Kier alpha value is 0.320. The summed E-state index contributed by atoms with van der Waals surface area (Å²) in [7, 11) is 1.28. The molecule has 0 N–H and O–H groups in total. The van der Waals surface area contributed by atoms with Crippen molar-refractivity contribution in [3.63, 3.8) is 0 Å². The zero-order valence-corrected chi connectivity index (χ0v) is 10.0. The number of thioether (sulfide) groups is 2. The van der Waals surface area contributed by atoms with Crippen molar-refractivity contribution in [2.75, 3.05) is 25.6 Å². The Balaban J connectivity index is 2.18. The van der Waals surface area contributed by atoms with Crippen LogP contribution in [0.3, 0.4) is 0 Å². The van der Waals surface area contributed by atoms with Crippen LogP contribution in [0.1, 0.15) is 0 Å². The van der Waals surface area contributed by atoms with Crippen molar-refractivity contribution in [1.82, 2.24) is 0 Å². The second-order valence-electron chi connectivity index (χ2n) is 3.55. The van der Waals surface area contributed by atoms with Gasteiger partial charge in [-0.15, -0.1) is 0 Å². The molecule has 0 aromatic carbocycles. The van der Waals surface area contributed by atoms with Gasteiger partial charge in [-0.1, -0.05) is 0 Å². The van der Waals surface area contributed by atoms with Crippen molar-refractivity contribution >= 4 is 37.7 Å². The van der Waals surface area contributed by atoms with E-state index in [0.29, 0.717) is 22.0 Å². The maximum Gasteiger partial charge on any atom is 0.270 e. The minimum absolute atomic E-state index is 0.299. The molecule has 2 atom stereocenters. The van der Waals surface area contributed by atoms with Crippen molar-refractivity contribution in [2.45, 2.75) is 10.5 Å². The zero-order chi connectivity index (χ0) is 9.64. The van der Waals surface area contributed by atoms with Crippen LogP contribution in [0.25, 0.3) is 0 Å². The van der Waals surface area contributed by atoms with Crippen LogP contribution < -0.4 is 0 Å². The van der Waals surface area contributed by atoms with Gasteiger partial charge in [0.05, 0.1) is 11.5 Å². The second-order valence-corrected chi connectivity index (χ2v) is 8.42. The predicted molar refractivity (Wildman–Crippen MR) is 58.5 cm³/mol. The van der Waals surface area contributed by atoms with Gasteiger partial charge in [0.1, 0.15) is 14.1 Å². The standard InChI is InChI=1S/C7H12NO2S3/c1-8(2)7-11-5-3-13(9,10)4-6(5)12-7/h5-6H,3-4H2,1-2H3/q+1/t5-,6-/m0/s1. The third-order valence-corrected chi connectivity index (χ3v) is 7.76. The van der Waals surface area contributed by atoms with Gasteiger partial charge in [-0.05, 0) is 23.5 Å². The molecule has 0 unspecified atom stereocenters. The van der Waals surface area contributed by atoms with Gasteiger partial charge in [0.2, 0.25) is 0 Å². The summed E-state index contributed by atoms with van der Waals surface area (Å²) in [5, 5.41) is 0.597. The van der Waals surface area contributed by atoms with Crippen molar-refractivity contribution in [1.29, 1.82) is 0 Å². The first kappa shape index (κ1) is 9.86. The molecule has 74 valence electrons. The summed E-state index contributed by atoms with van der Waals surface area (Å²) in [6, 6.07) is 0. The number of fused-ring (bicyclic) bond motifs is 1. The van der Waals surface area contributed by atoms with E-state index in [1.54, 1.807) is 23.5 Å². The summed E-state index contributed by atoms with van der Waals surface area (Å²) in [6.45, 7) is 0. The molecule has 2 saturated heterocycles. The van der Waals surface area contributed by atoms with Crippen molar-refractivity contribution in [3.05, 3.63) is 0 Å². The lowest BCUT2D eigenvalue weighted by Gasteiger charge is -1.97. The third-order valence-electron chi connectivity index (χ3n) is 2.12. The predicted octanol–water partition coefficient (Wildman–Crippen LogP) is 0.260. The fourth-order valence-corrected chi connectivity index (χ4v) is 7.87. The minimum atomic E-state index is -2.73. The molecule has 0 amide bonds. The summed E-state index contributed by atoms with van der Waals surface area (Å²) in [6.07, 6.45) is 0. The highest BCUT2D eigenvalue weighted by molar-refractivity contribution is 8.42. The van der Waals surface area contributed by atoms with E-state index in [4.69, 9.17) is 0 Å². The van der Waals surface area contributed by atoms with E-state index in [1.165, 1.54) is 4.38 Å². The van der Waals surface area contributed by atoms with Crippen LogP contribution in [0.15, 0.2) is 0 Å². The second kappa shape index (κ2) is 3.17. The number of rotatable bonds is 0. The first-order chi connectivity index (χ1) is 5.98. The average Bonchev–Trinajstić information content (AvgIpc) is 2.39. The average molecular weight is 238 g/mol. The van der Waals surface area contributed by atoms with Gasteiger partial charge in [0, 0.05) is 10.5 Å². The van der Waals surface area contributed by atoms with E-state index in [0.717, 1.165) is 0 Å². The molecule has 0 aliphatic carbocycles. The molecule has 2 heterocycles. The molecule has 2 rings (SSSR count). The maximum absolute atomic E-state index is 11.3. The van der Waals surface area contributed by atoms with Crippen LogP contribution in [-0.4, -0.2) is 53.5 Å². The lowest BCUT2D eigenvalue weighted by molar-refractivity contribution is -0.458. The van der Waals surface area contributed by atoms with Crippen LogP contribution >= 0.6 is 23.5 Å². The van der Waals surface area contributed by atoms with Crippen LogP contribution in [0, 0.1) is 0 Å². The molecule has 2 fully saturated rings. The number of hydrogen-bond acceptors (Lipinski definition) is 4. The minimum Gasteiger partial charge on any atom is -0.229 e. The lowest BCUT2D eigenvalue weighted by atomic mass is 10.4. The number of nitrogens with zero attached hydrogens (tertiary/aromatic N) is 1. The van der Waals surface area contributed by atoms with Gasteiger partial charge in [0.25, 0.3) is 4.38 Å². The van der Waals surface area contributed by atoms with E-state index < -0.39 is 9.84 Å². The fourth-order valence-electron chi connectivity index (χ4n) is 1.50. The monoisotopic (exact) mass is 238 g/mol. The molecule has 0 saturated carbocycles. The van der Waals surface area contributed by atoms with Crippen LogP contribution in [0.4, 0.5) is 0 Å². The SMILES string of the molecule is C[N+](C)=C1S[C@H]2CS(=O)(=O)C[C@@H]2S1. The van der Waals surface area contributed by atoms with Gasteiger partial charge >= 0.3 is 0 Å². The Kier molecular flexibility index (Phi) is 2.40. The lowest BCUT2D eigenvalue weighted by Crippen LogP contribution is -2.10. The highest BCUT2D eigenvalue weighted by Crippen LogP contribution is 2.43. The molecule has 0 radical (unpaired) electrons. The highest BCUT2D eigenvalue weighted by Gasteiger charge is 2.47. The fraction of sp³-hybridized carbons (Fsp3) is 0.857. The normalized spacial score (nSPS) is 36.3. The molecule has 0 spiro atoms. The summed E-state index contributed by atoms with van der Waals surface area (Å²) < 4.78 is 25.9. The molecule has 0 bridgehead atoms. The van der Waals surface area contributed by atoms with E-state index in [2.05, 4.69) is 4.58 Å². The molecule has 3 nitrogen and oxygen atoms in total. The van der Waals surface area contributed by atoms with Crippen LogP contribution in [-0.2, 0) is 9.84 Å². The van der Waals surface area contributed by atoms with Crippen molar-refractivity contribution < 1.29 is 13.0 Å². The van der Waals surface area contributed by atoms with Gasteiger partial charge in [-0.25, -0.2) is 13.0 Å².